The van der Waals surface area contributed by atoms with E-state index in [0.717, 1.165) is 55.9 Å². The molecule has 0 spiro atoms. The maximum absolute atomic E-state index is 13.1. The van der Waals surface area contributed by atoms with Gasteiger partial charge in [-0.15, -0.1) is 0 Å². The van der Waals surface area contributed by atoms with E-state index in [0.29, 0.717) is 6.04 Å². The minimum atomic E-state index is -0.160. The zero-order valence-electron chi connectivity index (χ0n) is 18.5. The van der Waals surface area contributed by atoms with E-state index in [2.05, 4.69) is 39.6 Å². The van der Waals surface area contributed by atoms with Crippen LogP contribution in [-0.4, -0.2) is 42.1 Å². The van der Waals surface area contributed by atoms with Crippen molar-refractivity contribution in [1.29, 1.82) is 0 Å². The molecule has 0 bridgehead atoms. The highest BCUT2D eigenvalue weighted by atomic mass is 19.1. The number of benzene rings is 2. The van der Waals surface area contributed by atoms with Crippen molar-refractivity contribution in [3.8, 4) is 0 Å². The van der Waals surface area contributed by atoms with E-state index in [4.69, 9.17) is 0 Å². The fourth-order valence-electron chi connectivity index (χ4n) is 5.05. The summed E-state index contributed by atoms with van der Waals surface area (Å²) >= 11 is 0. The Labute approximate surface area is 190 Å². The number of halogens is 1. The molecule has 0 saturated carbocycles. The summed E-state index contributed by atoms with van der Waals surface area (Å²) in [5.41, 5.74) is 7.11. The Morgan fingerprint density at radius 1 is 1.00 bits per heavy atom. The first-order valence-corrected chi connectivity index (χ1v) is 11.6. The van der Waals surface area contributed by atoms with Gasteiger partial charge in [0.1, 0.15) is 5.82 Å². The van der Waals surface area contributed by atoms with Crippen LogP contribution in [0.15, 0.2) is 73.4 Å². The molecule has 3 aromatic rings. The van der Waals surface area contributed by atoms with E-state index in [1.165, 1.54) is 29.7 Å². The van der Waals surface area contributed by atoms with Crippen LogP contribution in [0.5, 0.6) is 0 Å². The van der Waals surface area contributed by atoms with E-state index < -0.39 is 0 Å². The molecule has 0 atom stereocenters. The van der Waals surface area contributed by atoms with Crippen molar-refractivity contribution in [1.82, 2.24) is 9.88 Å². The maximum Gasteiger partial charge on any atom is 0.123 e. The van der Waals surface area contributed by atoms with Crippen LogP contribution in [0.1, 0.15) is 35.2 Å². The van der Waals surface area contributed by atoms with E-state index in [1.807, 2.05) is 36.5 Å². The van der Waals surface area contributed by atoms with Gasteiger partial charge in [0.15, 0.2) is 0 Å². The van der Waals surface area contributed by atoms with Crippen LogP contribution in [0.25, 0.3) is 5.57 Å². The Morgan fingerprint density at radius 3 is 2.56 bits per heavy atom. The number of fused-ring (bicyclic) bond motifs is 1. The first-order valence-electron chi connectivity index (χ1n) is 11.6. The largest absolute Gasteiger partial charge is 0.368 e. The number of rotatable bonds is 6. The van der Waals surface area contributed by atoms with E-state index >= 15 is 0 Å². The molecule has 2 aromatic carbocycles. The molecule has 2 aliphatic heterocycles. The summed E-state index contributed by atoms with van der Waals surface area (Å²) in [5.74, 6) is -0.160. The van der Waals surface area contributed by atoms with Crippen molar-refractivity contribution in [2.75, 3.05) is 31.1 Å². The van der Waals surface area contributed by atoms with Crippen molar-refractivity contribution in [2.24, 2.45) is 0 Å². The Kier molecular flexibility index (Phi) is 6.04. The van der Waals surface area contributed by atoms with E-state index in [1.54, 1.807) is 12.1 Å². The first kappa shape index (κ1) is 20.9. The summed E-state index contributed by atoms with van der Waals surface area (Å²) in [6.07, 6.45) is 6.31. The zero-order valence-corrected chi connectivity index (χ0v) is 18.5. The highest BCUT2D eigenvalue weighted by molar-refractivity contribution is 5.79. The molecular formula is C28H30FN3. The SMILES string of the molecule is C=C(c1ccc2c(c1)N(C1CCN(CCc3ccc(F)cc3)CC1)CC2)c1ccccn1. The molecule has 0 unspecified atom stereocenters. The monoisotopic (exact) mass is 427 g/mol. The van der Waals surface area contributed by atoms with E-state index in [-0.39, 0.29) is 5.82 Å². The minimum Gasteiger partial charge on any atom is -0.368 e. The second kappa shape index (κ2) is 9.25. The number of hydrogen-bond donors (Lipinski definition) is 0. The molecule has 1 aromatic heterocycles. The van der Waals surface area contributed by atoms with Crippen molar-refractivity contribution >= 4 is 11.3 Å². The number of hydrogen-bond acceptors (Lipinski definition) is 3. The van der Waals surface area contributed by atoms with Gasteiger partial charge in [0.2, 0.25) is 0 Å². The van der Waals surface area contributed by atoms with Gasteiger partial charge >= 0.3 is 0 Å². The highest BCUT2D eigenvalue weighted by Gasteiger charge is 2.29. The number of nitrogens with zero attached hydrogens (tertiary/aromatic N) is 3. The number of anilines is 1. The van der Waals surface area contributed by atoms with Gasteiger partial charge in [0, 0.05) is 49.7 Å². The molecule has 0 aliphatic carbocycles. The molecule has 0 radical (unpaired) electrons. The topological polar surface area (TPSA) is 19.4 Å². The summed E-state index contributed by atoms with van der Waals surface area (Å²) in [6, 6.07) is 20.3. The summed E-state index contributed by atoms with van der Waals surface area (Å²) in [5, 5.41) is 0. The summed E-state index contributed by atoms with van der Waals surface area (Å²) in [4.78, 5) is 9.65. The molecular weight excluding hydrogens is 397 g/mol. The van der Waals surface area contributed by atoms with Crippen LogP contribution < -0.4 is 4.90 Å². The Morgan fingerprint density at radius 2 is 1.81 bits per heavy atom. The van der Waals surface area contributed by atoms with Gasteiger partial charge in [-0.25, -0.2) is 4.39 Å². The third-order valence-electron chi connectivity index (χ3n) is 6.97. The summed E-state index contributed by atoms with van der Waals surface area (Å²) < 4.78 is 13.1. The second-order valence-electron chi connectivity index (χ2n) is 8.93. The molecule has 164 valence electrons. The molecule has 3 heterocycles. The predicted molar refractivity (Wildman–Crippen MR) is 129 cm³/mol. The van der Waals surface area contributed by atoms with Crippen LogP contribution in [-0.2, 0) is 12.8 Å². The highest BCUT2D eigenvalue weighted by Crippen LogP contribution is 2.35. The van der Waals surface area contributed by atoms with Gasteiger partial charge in [-0.2, -0.15) is 0 Å². The number of piperidine rings is 1. The maximum atomic E-state index is 13.1. The second-order valence-corrected chi connectivity index (χ2v) is 8.93. The molecule has 4 heteroatoms. The van der Waals surface area contributed by atoms with Crippen LogP contribution in [0.4, 0.5) is 10.1 Å². The number of pyridine rings is 1. The van der Waals surface area contributed by atoms with Crippen molar-refractivity contribution in [2.45, 2.75) is 31.7 Å². The Bertz CT molecular complexity index is 1070. The smallest absolute Gasteiger partial charge is 0.123 e. The van der Waals surface area contributed by atoms with E-state index in [9.17, 15) is 4.39 Å². The Hall–Kier alpha value is -2.98. The van der Waals surface area contributed by atoms with Gasteiger partial charge < -0.3 is 9.80 Å². The van der Waals surface area contributed by atoms with Crippen LogP contribution in [0.3, 0.4) is 0 Å². The fraction of sp³-hybridized carbons (Fsp3) is 0.321. The van der Waals surface area contributed by atoms with Crippen molar-refractivity contribution in [3.63, 3.8) is 0 Å². The fourth-order valence-corrected chi connectivity index (χ4v) is 5.05. The predicted octanol–water partition coefficient (Wildman–Crippen LogP) is 5.35. The molecule has 3 nitrogen and oxygen atoms in total. The van der Waals surface area contributed by atoms with Gasteiger partial charge in [0.25, 0.3) is 0 Å². The van der Waals surface area contributed by atoms with Crippen LogP contribution >= 0.6 is 0 Å². The average molecular weight is 428 g/mol. The number of aromatic nitrogens is 1. The standard InChI is InChI=1S/C28H30FN3/c1-21(27-4-2-3-15-30-27)24-8-7-23-12-19-32(28(23)20-24)26-13-17-31(18-14-26)16-11-22-5-9-25(29)10-6-22/h2-10,15,20,26H,1,11-14,16-19H2. The van der Waals surface area contributed by atoms with Gasteiger partial charge in [-0.1, -0.05) is 36.9 Å². The molecule has 32 heavy (non-hydrogen) atoms. The van der Waals surface area contributed by atoms with Crippen molar-refractivity contribution < 1.29 is 4.39 Å². The molecule has 0 N–H and O–H groups in total. The Balaban J connectivity index is 1.21. The van der Waals surface area contributed by atoms with Crippen LogP contribution in [0, 0.1) is 5.82 Å². The summed E-state index contributed by atoms with van der Waals surface area (Å²) in [6.45, 7) is 8.71. The van der Waals surface area contributed by atoms with Gasteiger partial charge in [-0.05, 0) is 72.7 Å². The molecule has 0 amide bonds. The normalized spacial score (nSPS) is 16.8. The van der Waals surface area contributed by atoms with Gasteiger partial charge in [0.05, 0.1) is 5.69 Å². The minimum absolute atomic E-state index is 0.160. The third kappa shape index (κ3) is 4.46. The molecule has 2 aliphatic rings. The summed E-state index contributed by atoms with van der Waals surface area (Å²) in [7, 11) is 0. The number of likely N-dealkylation sites (tertiary alicyclic amines) is 1. The lowest BCUT2D eigenvalue weighted by atomic mass is 9.99. The van der Waals surface area contributed by atoms with Gasteiger partial charge in [-0.3, -0.25) is 4.98 Å². The lowest BCUT2D eigenvalue weighted by Crippen LogP contribution is -2.45. The average Bonchev–Trinajstić information content (AvgIpc) is 3.27. The van der Waals surface area contributed by atoms with Crippen LogP contribution in [0.2, 0.25) is 0 Å². The molecule has 5 rings (SSSR count). The third-order valence-corrected chi connectivity index (χ3v) is 6.97. The lowest BCUT2D eigenvalue weighted by Gasteiger charge is -2.38. The lowest BCUT2D eigenvalue weighted by molar-refractivity contribution is 0.212. The molecule has 1 fully saturated rings. The zero-order chi connectivity index (χ0) is 21.9. The quantitative estimate of drug-likeness (QED) is 0.529. The van der Waals surface area contributed by atoms with Crippen molar-refractivity contribution in [3.05, 3.63) is 102 Å². The first-order chi connectivity index (χ1) is 15.7. The molecule has 1 saturated heterocycles.